The Balaban J connectivity index is 2.38. The maximum atomic E-state index is 5.92. The van der Waals surface area contributed by atoms with Crippen molar-refractivity contribution < 1.29 is 4.42 Å². The van der Waals surface area contributed by atoms with E-state index in [2.05, 4.69) is 11.9 Å². The monoisotopic (exact) mass is 233 g/mol. The fraction of sp³-hybridized carbons (Fsp3) is 0.182. The first kappa shape index (κ1) is 9.47. The van der Waals surface area contributed by atoms with Gasteiger partial charge in [0.15, 0.2) is 10.7 Å². The summed E-state index contributed by atoms with van der Waals surface area (Å²) in [7, 11) is 0. The van der Waals surface area contributed by atoms with Crippen LogP contribution in [0, 0.1) is 0 Å². The lowest BCUT2D eigenvalue weighted by atomic mass is 10.2. The first-order chi connectivity index (χ1) is 7.81. The van der Waals surface area contributed by atoms with Gasteiger partial charge in [-0.15, -0.1) is 11.3 Å². The summed E-state index contributed by atoms with van der Waals surface area (Å²) in [6.45, 7) is 2.12. The molecule has 0 saturated heterocycles. The van der Waals surface area contributed by atoms with E-state index in [0.717, 1.165) is 22.8 Å². The molecule has 0 amide bonds. The molecule has 3 aromatic heterocycles. The number of imidazole rings is 1. The smallest absolute Gasteiger partial charge is 0.196 e. The maximum absolute atomic E-state index is 5.92. The fourth-order valence-corrected chi connectivity index (χ4v) is 2.87. The molecule has 3 heterocycles. The lowest BCUT2D eigenvalue weighted by Crippen LogP contribution is -1.94. The molecular weight excluding hydrogens is 222 g/mol. The lowest BCUT2D eigenvalue weighted by Gasteiger charge is -2.00. The second-order valence-electron chi connectivity index (χ2n) is 3.51. The van der Waals surface area contributed by atoms with Gasteiger partial charge in [0.1, 0.15) is 11.5 Å². The first-order valence-electron chi connectivity index (χ1n) is 5.09. The van der Waals surface area contributed by atoms with E-state index in [9.17, 15) is 0 Å². The minimum absolute atomic E-state index is 0.650. The second-order valence-corrected chi connectivity index (χ2v) is 4.57. The van der Waals surface area contributed by atoms with Crippen molar-refractivity contribution in [2.75, 3.05) is 5.73 Å². The number of thiazole rings is 1. The van der Waals surface area contributed by atoms with Crippen molar-refractivity contribution in [2.24, 2.45) is 0 Å². The highest BCUT2D eigenvalue weighted by molar-refractivity contribution is 7.17. The minimum Gasteiger partial charge on any atom is -0.463 e. The molecule has 3 rings (SSSR count). The van der Waals surface area contributed by atoms with Gasteiger partial charge in [-0.05, 0) is 18.6 Å². The molecule has 0 saturated carbocycles. The highest BCUT2D eigenvalue weighted by Crippen LogP contribution is 2.33. The van der Waals surface area contributed by atoms with Crippen LogP contribution in [-0.2, 0) is 6.42 Å². The van der Waals surface area contributed by atoms with Crippen LogP contribution in [-0.4, -0.2) is 9.38 Å². The summed E-state index contributed by atoms with van der Waals surface area (Å²) in [6.07, 6.45) is 4.30. The number of fused-ring (bicyclic) bond motifs is 1. The van der Waals surface area contributed by atoms with Crippen LogP contribution in [0.5, 0.6) is 0 Å². The molecule has 0 aliphatic rings. The Labute approximate surface area is 96.3 Å². The van der Waals surface area contributed by atoms with Gasteiger partial charge < -0.3 is 10.2 Å². The van der Waals surface area contributed by atoms with Crippen molar-refractivity contribution in [2.45, 2.75) is 13.3 Å². The molecular formula is C11H11N3OS. The summed E-state index contributed by atoms with van der Waals surface area (Å²) in [5.74, 6) is 1.49. The number of hydrogen-bond acceptors (Lipinski definition) is 4. The van der Waals surface area contributed by atoms with E-state index in [-0.39, 0.29) is 0 Å². The molecule has 2 N–H and O–H groups in total. The van der Waals surface area contributed by atoms with E-state index in [1.165, 1.54) is 4.88 Å². The minimum atomic E-state index is 0.650. The second kappa shape index (κ2) is 3.38. The maximum Gasteiger partial charge on any atom is 0.196 e. The third-order valence-corrected chi connectivity index (χ3v) is 3.73. The molecule has 0 radical (unpaired) electrons. The number of nitrogens with zero attached hydrogens (tertiary/aromatic N) is 2. The van der Waals surface area contributed by atoms with Gasteiger partial charge in [0.05, 0.1) is 12.5 Å². The van der Waals surface area contributed by atoms with E-state index in [1.807, 2.05) is 16.5 Å². The number of hydrogen-bond donors (Lipinski definition) is 1. The molecule has 5 heteroatoms. The van der Waals surface area contributed by atoms with Gasteiger partial charge in [0.2, 0.25) is 0 Å². The number of aromatic nitrogens is 2. The molecule has 0 aliphatic heterocycles. The van der Waals surface area contributed by atoms with Gasteiger partial charge in [0.25, 0.3) is 0 Å². The van der Waals surface area contributed by atoms with Crippen LogP contribution < -0.4 is 5.73 Å². The lowest BCUT2D eigenvalue weighted by molar-refractivity contribution is 0.579. The molecule has 16 heavy (non-hydrogen) atoms. The zero-order valence-corrected chi connectivity index (χ0v) is 9.62. The van der Waals surface area contributed by atoms with Crippen molar-refractivity contribution in [3.05, 3.63) is 29.5 Å². The zero-order valence-electron chi connectivity index (χ0n) is 8.80. The van der Waals surface area contributed by atoms with Gasteiger partial charge in [-0.1, -0.05) is 6.92 Å². The van der Waals surface area contributed by atoms with Gasteiger partial charge in [-0.3, -0.25) is 4.40 Å². The average molecular weight is 233 g/mol. The molecule has 82 valence electrons. The van der Waals surface area contributed by atoms with Crippen molar-refractivity contribution in [1.29, 1.82) is 0 Å². The van der Waals surface area contributed by atoms with Gasteiger partial charge in [-0.2, -0.15) is 0 Å². The van der Waals surface area contributed by atoms with Crippen molar-refractivity contribution in [3.63, 3.8) is 0 Å². The molecule has 0 aliphatic carbocycles. The van der Waals surface area contributed by atoms with E-state index in [1.54, 1.807) is 23.8 Å². The predicted octanol–water partition coefficient (Wildman–Crippen LogP) is 2.80. The Morgan fingerprint density at radius 2 is 2.44 bits per heavy atom. The average Bonchev–Trinajstić information content (AvgIpc) is 2.96. The Morgan fingerprint density at radius 3 is 3.12 bits per heavy atom. The van der Waals surface area contributed by atoms with Gasteiger partial charge >= 0.3 is 0 Å². The van der Waals surface area contributed by atoms with E-state index >= 15 is 0 Å². The van der Waals surface area contributed by atoms with Crippen LogP contribution >= 0.6 is 11.3 Å². The molecule has 0 spiro atoms. The molecule has 0 bridgehead atoms. The highest BCUT2D eigenvalue weighted by Gasteiger charge is 2.17. The summed E-state index contributed by atoms with van der Waals surface area (Å²) in [6, 6.07) is 3.82. The number of nitrogen functional groups attached to an aromatic ring is 1. The van der Waals surface area contributed by atoms with Gasteiger partial charge in [-0.25, -0.2) is 4.98 Å². The Hall–Kier alpha value is -1.75. The summed E-state index contributed by atoms with van der Waals surface area (Å²) in [4.78, 5) is 6.43. The summed E-state index contributed by atoms with van der Waals surface area (Å²) in [5.41, 5.74) is 6.95. The normalized spacial score (nSPS) is 11.3. The van der Waals surface area contributed by atoms with E-state index < -0.39 is 0 Å². The largest absolute Gasteiger partial charge is 0.463 e. The van der Waals surface area contributed by atoms with E-state index in [4.69, 9.17) is 10.2 Å². The Morgan fingerprint density at radius 1 is 1.56 bits per heavy atom. The predicted molar refractivity (Wildman–Crippen MR) is 64.6 cm³/mol. The molecule has 4 nitrogen and oxygen atoms in total. The van der Waals surface area contributed by atoms with Crippen LogP contribution in [0.3, 0.4) is 0 Å². The number of rotatable bonds is 2. The first-order valence-corrected chi connectivity index (χ1v) is 5.91. The summed E-state index contributed by atoms with van der Waals surface area (Å²) < 4.78 is 7.40. The Kier molecular flexibility index (Phi) is 2.00. The van der Waals surface area contributed by atoms with Crippen molar-refractivity contribution in [3.8, 4) is 11.5 Å². The quantitative estimate of drug-likeness (QED) is 0.740. The molecule has 0 unspecified atom stereocenters. The van der Waals surface area contributed by atoms with E-state index in [0.29, 0.717) is 5.82 Å². The number of furan rings is 1. The molecule has 3 aromatic rings. The molecule has 0 atom stereocenters. The molecule has 0 aromatic carbocycles. The van der Waals surface area contributed by atoms with Gasteiger partial charge in [0, 0.05) is 4.88 Å². The standard InChI is InChI=1S/C11H11N3OS/c1-2-8-10(7-4-3-5-15-7)14-9(12)6-13-11(14)16-8/h3-6H,2,12H2,1H3. The Bertz CT molecular complexity index is 621. The van der Waals surface area contributed by atoms with Crippen LogP contribution in [0.2, 0.25) is 0 Å². The summed E-state index contributed by atoms with van der Waals surface area (Å²) >= 11 is 1.65. The third-order valence-electron chi connectivity index (χ3n) is 2.53. The zero-order chi connectivity index (χ0) is 11.1. The topological polar surface area (TPSA) is 56.5 Å². The van der Waals surface area contributed by atoms with Crippen LogP contribution in [0.25, 0.3) is 16.4 Å². The number of aryl methyl sites for hydroxylation is 1. The SMILES string of the molecule is CCc1sc2ncc(N)n2c1-c1ccco1. The number of nitrogens with two attached hydrogens (primary N) is 1. The fourth-order valence-electron chi connectivity index (χ4n) is 1.83. The highest BCUT2D eigenvalue weighted by atomic mass is 32.1. The van der Waals surface area contributed by atoms with Crippen LogP contribution in [0.1, 0.15) is 11.8 Å². The van der Waals surface area contributed by atoms with Crippen LogP contribution in [0.15, 0.2) is 29.0 Å². The molecule has 0 fully saturated rings. The summed E-state index contributed by atoms with van der Waals surface area (Å²) in [5, 5.41) is 0. The third kappa shape index (κ3) is 1.18. The van der Waals surface area contributed by atoms with Crippen molar-refractivity contribution >= 4 is 22.1 Å². The number of anilines is 1. The van der Waals surface area contributed by atoms with Crippen molar-refractivity contribution in [1.82, 2.24) is 9.38 Å². The van der Waals surface area contributed by atoms with Crippen LogP contribution in [0.4, 0.5) is 5.82 Å².